The van der Waals surface area contributed by atoms with Crippen molar-refractivity contribution in [3.05, 3.63) is 16.1 Å². The Morgan fingerprint density at radius 3 is 2.80 bits per heavy atom. The highest BCUT2D eigenvalue weighted by atomic mass is 32.1. The average Bonchev–Trinajstić information content (AvgIpc) is 2.96. The molecule has 1 amide bonds. The number of nitrogens with one attached hydrogen (secondary N) is 1. The summed E-state index contributed by atoms with van der Waals surface area (Å²) in [7, 11) is 0. The Bertz CT molecular complexity index is 475. The van der Waals surface area contributed by atoms with Crippen LogP contribution < -0.4 is 11.1 Å². The highest BCUT2D eigenvalue weighted by molar-refractivity contribution is 7.09. The second-order valence-electron chi connectivity index (χ2n) is 4.96. The van der Waals surface area contributed by atoms with Crippen molar-refractivity contribution < 1.29 is 18.0 Å². The highest BCUT2D eigenvalue weighted by Crippen LogP contribution is 2.30. The van der Waals surface area contributed by atoms with Crippen molar-refractivity contribution in [3.63, 3.8) is 0 Å². The lowest BCUT2D eigenvalue weighted by molar-refractivity contribution is -0.140. The zero-order valence-electron chi connectivity index (χ0n) is 10.7. The molecule has 0 radical (unpaired) electrons. The molecular weight excluding hydrogens is 291 g/mol. The van der Waals surface area contributed by atoms with Gasteiger partial charge >= 0.3 is 6.18 Å². The van der Waals surface area contributed by atoms with Gasteiger partial charge < -0.3 is 11.1 Å². The molecule has 1 aliphatic rings. The van der Waals surface area contributed by atoms with E-state index in [0.29, 0.717) is 6.42 Å². The van der Waals surface area contributed by atoms with E-state index in [1.165, 1.54) is 0 Å². The minimum absolute atomic E-state index is 0.0293. The lowest BCUT2D eigenvalue weighted by Crippen LogP contribution is -2.31. The van der Waals surface area contributed by atoms with E-state index in [1.54, 1.807) is 0 Å². The van der Waals surface area contributed by atoms with Crippen LogP contribution >= 0.6 is 11.3 Å². The van der Waals surface area contributed by atoms with E-state index in [2.05, 4.69) is 10.3 Å². The Kier molecular flexibility index (Phi) is 4.64. The van der Waals surface area contributed by atoms with Gasteiger partial charge in [-0.3, -0.25) is 4.79 Å². The van der Waals surface area contributed by atoms with Crippen molar-refractivity contribution in [2.24, 2.45) is 11.7 Å². The fourth-order valence-corrected chi connectivity index (χ4v) is 3.07. The van der Waals surface area contributed by atoms with Crippen LogP contribution in [0.5, 0.6) is 0 Å². The largest absolute Gasteiger partial charge is 0.434 e. The molecule has 4 nitrogen and oxygen atoms in total. The molecule has 2 atom stereocenters. The van der Waals surface area contributed by atoms with Crippen LogP contribution in [0.3, 0.4) is 0 Å². The predicted octanol–water partition coefficient (Wildman–Crippen LogP) is 2.30. The summed E-state index contributed by atoms with van der Waals surface area (Å²) in [5, 5.41) is 3.80. The van der Waals surface area contributed by atoms with Gasteiger partial charge in [0.2, 0.25) is 5.91 Å². The van der Waals surface area contributed by atoms with Crippen molar-refractivity contribution in [2.45, 2.75) is 44.4 Å². The van der Waals surface area contributed by atoms with Crippen LogP contribution in [0.4, 0.5) is 13.2 Å². The summed E-state index contributed by atoms with van der Waals surface area (Å²) in [6.07, 6.45) is -1.21. The van der Waals surface area contributed by atoms with E-state index in [4.69, 9.17) is 5.73 Å². The fraction of sp³-hybridized carbons (Fsp3) is 0.667. The number of rotatable bonds is 4. The van der Waals surface area contributed by atoms with E-state index >= 15 is 0 Å². The van der Waals surface area contributed by atoms with Gasteiger partial charge in [0, 0.05) is 17.8 Å². The molecular formula is C12H16F3N3OS. The number of carbonyl (C=O) groups excluding carboxylic acids is 1. The number of carbonyl (C=O) groups is 1. The van der Waals surface area contributed by atoms with E-state index in [1.807, 2.05) is 0 Å². The smallest absolute Gasteiger partial charge is 0.350 e. The zero-order valence-corrected chi connectivity index (χ0v) is 11.6. The number of amides is 1. The van der Waals surface area contributed by atoms with Gasteiger partial charge in [-0.1, -0.05) is 6.42 Å². The Hall–Kier alpha value is -1.15. The Morgan fingerprint density at radius 1 is 1.50 bits per heavy atom. The first-order chi connectivity index (χ1) is 9.36. The summed E-state index contributed by atoms with van der Waals surface area (Å²) >= 11 is 0.891. The van der Waals surface area contributed by atoms with Gasteiger partial charge in [0.15, 0.2) is 5.69 Å². The summed E-state index contributed by atoms with van der Waals surface area (Å²) in [4.78, 5) is 15.2. The molecule has 20 heavy (non-hydrogen) atoms. The van der Waals surface area contributed by atoms with Gasteiger partial charge in [0.25, 0.3) is 0 Å². The number of halogens is 3. The molecule has 112 valence electrons. The quantitative estimate of drug-likeness (QED) is 0.897. The van der Waals surface area contributed by atoms with Crippen LogP contribution in [0.25, 0.3) is 0 Å². The first-order valence-electron chi connectivity index (χ1n) is 6.40. The highest BCUT2D eigenvalue weighted by Gasteiger charge is 2.33. The average molecular weight is 307 g/mol. The zero-order chi connectivity index (χ0) is 14.8. The molecule has 1 aliphatic carbocycles. The predicted molar refractivity (Wildman–Crippen MR) is 68.9 cm³/mol. The normalized spacial score (nSPS) is 23.0. The maximum atomic E-state index is 12.4. The van der Waals surface area contributed by atoms with Gasteiger partial charge in [-0.05, 0) is 18.8 Å². The lowest BCUT2D eigenvalue weighted by Gasteiger charge is -2.14. The third-order valence-corrected chi connectivity index (χ3v) is 4.29. The van der Waals surface area contributed by atoms with Crippen LogP contribution in [-0.4, -0.2) is 16.9 Å². The molecule has 0 bridgehead atoms. The van der Waals surface area contributed by atoms with Crippen LogP contribution in [-0.2, 0) is 17.5 Å². The number of nitrogens with two attached hydrogens (primary N) is 1. The molecule has 1 heterocycles. The van der Waals surface area contributed by atoms with Crippen LogP contribution in [0.2, 0.25) is 0 Å². The van der Waals surface area contributed by atoms with Crippen LogP contribution in [0.1, 0.15) is 36.4 Å². The number of aromatic nitrogens is 1. The number of alkyl halides is 3. The van der Waals surface area contributed by atoms with Crippen molar-refractivity contribution in [1.29, 1.82) is 0 Å². The molecule has 8 heteroatoms. The summed E-state index contributed by atoms with van der Waals surface area (Å²) < 4.78 is 37.1. The summed E-state index contributed by atoms with van der Waals surface area (Å²) in [6.45, 7) is 0.0293. The molecule has 1 fully saturated rings. The Morgan fingerprint density at radius 2 is 2.25 bits per heavy atom. The molecule has 1 aromatic heterocycles. The second kappa shape index (κ2) is 6.09. The minimum atomic E-state index is -4.44. The molecule has 0 saturated heterocycles. The van der Waals surface area contributed by atoms with Gasteiger partial charge in [0.1, 0.15) is 5.01 Å². The van der Waals surface area contributed by atoms with Crippen LogP contribution in [0.15, 0.2) is 5.38 Å². The molecule has 1 saturated carbocycles. The third kappa shape index (κ3) is 3.92. The number of hydrogen-bond donors (Lipinski definition) is 2. The Balaban J connectivity index is 1.80. The molecule has 0 unspecified atom stereocenters. The molecule has 0 aliphatic heterocycles. The SMILES string of the molecule is N[C@@H]1CCC[C@H]1CC(=O)NCc1nc(C(F)(F)F)cs1. The second-order valence-corrected chi connectivity index (χ2v) is 5.90. The molecule has 0 aromatic carbocycles. The van der Waals surface area contributed by atoms with Crippen LogP contribution in [0, 0.1) is 5.92 Å². The van der Waals surface area contributed by atoms with Crippen molar-refractivity contribution >= 4 is 17.2 Å². The van der Waals surface area contributed by atoms with Crippen molar-refractivity contribution in [2.75, 3.05) is 0 Å². The minimum Gasteiger partial charge on any atom is -0.350 e. The maximum Gasteiger partial charge on any atom is 0.434 e. The first-order valence-corrected chi connectivity index (χ1v) is 7.28. The summed E-state index contributed by atoms with van der Waals surface area (Å²) in [5.41, 5.74) is 4.96. The Labute approximate surface area is 118 Å². The molecule has 2 rings (SSSR count). The van der Waals surface area contributed by atoms with E-state index in [9.17, 15) is 18.0 Å². The lowest BCUT2D eigenvalue weighted by atomic mass is 10.00. The number of hydrogen-bond acceptors (Lipinski definition) is 4. The van der Waals surface area contributed by atoms with Crippen molar-refractivity contribution in [1.82, 2.24) is 10.3 Å². The monoisotopic (exact) mass is 307 g/mol. The standard InChI is InChI=1S/C12H16F3N3OS/c13-12(14,15)9-6-20-11(18-9)5-17-10(19)4-7-2-1-3-8(7)16/h6-8H,1-5,16H2,(H,17,19)/t7-,8+/m0/s1. The van der Waals surface area contributed by atoms with E-state index in [-0.39, 0.29) is 29.4 Å². The number of nitrogens with zero attached hydrogens (tertiary/aromatic N) is 1. The van der Waals surface area contributed by atoms with Gasteiger partial charge in [-0.15, -0.1) is 11.3 Å². The summed E-state index contributed by atoms with van der Waals surface area (Å²) in [5.74, 6) is -0.00635. The van der Waals surface area contributed by atoms with E-state index in [0.717, 1.165) is 36.0 Å². The maximum absolute atomic E-state index is 12.4. The fourth-order valence-electron chi connectivity index (χ4n) is 2.33. The number of thiazole rings is 1. The van der Waals surface area contributed by atoms with E-state index < -0.39 is 11.9 Å². The molecule has 3 N–H and O–H groups in total. The molecule has 1 aromatic rings. The van der Waals surface area contributed by atoms with Gasteiger partial charge in [0.05, 0.1) is 6.54 Å². The first kappa shape index (κ1) is 15.2. The molecule has 0 spiro atoms. The van der Waals surface area contributed by atoms with Crippen molar-refractivity contribution in [3.8, 4) is 0 Å². The third-order valence-electron chi connectivity index (χ3n) is 3.44. The van der Waals surface area contributed by atoms with Gasteiger partial charge in [-0.25, -0.2) is 4.98 Å². The topological polar surface area (TPSA) is 68.0 Å². The van der Waals surface area contributed by atoms with Gasteiger partial charge in [-0.2, -0.15) is 13.2 Å². The summed E-state index contributed by atoms with van der Waals surface area (Å²) in [6, 6.07) is 0.0532.